The molecule has 1 aromatic rings. The maximum atomic E-state index is 12.0. The van der Waals surface area contributed by atoms with Crippen molar-refractivity contribution in [2.75, 3.05) is 26.2 Å². The fourth-order valence-electron chi connectivity index (χ4n) is 2.18. The van der Waals surface area contributed by atoms with Crippen molar-refractivity contribution in [3.8, 4) is 5.75 Å². The van der Waals surface area contributed by atoms with E-state index >= 15 is 0 Å². The molecule has 0 fully saturated rings. The molecule has 0 spiro atoms. The lowest BCUT2D eigenvalue weighted by Gasteiger charge is -2.14. The van der Waals surface area contributed by atoms with Crippen molar-refractivity contribution in [1.82, 2.24) is 16.0 Å². The van der Waals surface area contributed by atoms with Crippen LogP contribution in [0.1, 0.15) is 44.0 Å². The summed E-state index contributed by atoms with van der Waals surface area (Å²) in [6.45, 7) is 9.09. The molecule has 1 rings (SSSR count). The van der Waals surface area contributed by atoms with Crippen LogP contribution in [0.5, 0.6) is 5.75 Å². The number of aromatic hydroxyl groups is 1. The summed E-state index contributed by atoms with van der Waals surface area (Å²) in [5.41, 5.74) is 0.530. The summed E-state index contributed by atoms with van der Waals surface area (Å²) in [6, 6.07) is 6.19. The molecule has 134 valence electrons. The summed E-state index contributed by atoms with van der Waals surface area (Å²) in [5, 5.41) is 18.5. The molecule has 6 nitrogen and oxygen atoms in total. The number of aliphatic imine (C=N–C) groups is 1. The molecule has 0 atom stereocenters. The first-order chi connectivity index (χ1) is 11.6. The standard InChI is InChI=1S/C18H30N4O2/c1-4-14(5-2)13-22-18(19-6-3)21-12-11-20-17(24)15-7-9-16(23)10-8-15/h7-10,14,23H,4-6,11-13H2,1-3H3,(H,20,24)(H2,19,21,22). The SMILES string of the molecule is CCNC(=NCC(CC)CC)NCCNC(=O)c1ccc(O)cc1. The van der Waals surface area contributed by atoms with Gasteiger partial charge in [-0.15, -0.1) is 0 Å². The highest BCUT2D eigenvalue weighted by molar-refractivity contribution is 5.94. The number of amides is 1. The molecule has 0 radical (unpaired) electrons. The van der Waals surface area contributed by atoms with E-state index in [2.05, 4.69) is 34.8 Å². The Balaban J connectivity index is 2.38. The first kappa shape index (κ1) is 19.8. The molecule has 0 saturated carbocycles. The van der Waals surface area contributed by atoms with Gasteiger partial charge in [0, 0.05) is 31.7 Å². The summed E-state index contributed by atoms with van der Waals surface area (Å²) in [5.74, 6) is 1.38. The molecule has 0 aliphatic carbocycles. The van der Waals surface area contributed by atoms with Crippen LogP contribution in [0.3, 0.4) is 0 Å². The number of nitrogens with one attached hydrogen (secondary N) is 3. The van der Waals surface area contributed by atoms with Crippen molar-refractivity contribution < 1.29 is 9.90 Å². The van der Waals surface area contributed by atoms with Crippen LogP contribution in [0, 0.1) is 5.92 Å². The summed E-state index contributed by atoms with van der Waals surface area (Å²) >= 11 is 0. The molecule has 0 heterocycles. The number of hydrogen-bond acceptors (Lipinski definition) is 3. The molecule has 1 amide bonds. The molecule has 0 bridgehead atoms. The number of carbonyl (C=O) groups excluding carboxylic acids is 1. The summed E-state index contributed by atoms with van der Waals surface area (Å²) in [6.07, 6.45) is 2.25. The number of phenolic OH excluding ortho intramolecular Hbond substituents is 1. The lowest BCUT2D eigenvalue weighted by molar-refractivity contribution is 0.0954. The van der Waals surface area contributed by atoms with E-state index in [4.69, 9.17) is 0 Å². The maximum Gasteiger partial charge on any atom is 0.251 e. The molecule has 0 unspecified atom stereocenters. The molecule has 6 heteroatoms. The molecule has 0 aliphatic rings. The monoisotopic (exact) mass is 334 g/mol. The first-order valence-electron chi connectivity index (χ1n) is 8.70. The van der Waals surface area contributed by atoms with Crippen LogP contribution in [0.15, 0.2) is 29.3 Å². The number of rotatable bonds is 9. The van der Waals surface area contributed by atoms with Gasteiger partial charge >= 0.3 is 0 Å². The number of phenols is 1. The highest BCUT2D eigenvalue weighted by Gasteiger charge is 2.05. The van der Waals surface area contributed by atoms with Gasteiger partial charge in [0.25, 0.3) is 5.91 Å². The van der Waals surface area contributed by atoms with Gasteiger partial charge < -0.3 is 21.1 Å². The highest BCUT2D eigenvalue weighted by atomic mass is 16.3. The number of nitrogens with zero attached hydrogens (tertiary/aromatic N) is 1. The van der Waals surface area contributed by atoms with E-state index < -0.39 is 0 Å². The summed E-state index contributed by atoms with van der Waals surface area (Å²) in [7, 11) is 0. The Hall–Kier alpha value is -2.24. The Labute approximate surface area is 144 Å². The Morgan fingerprint density at radius 2 is 1.67 bits per heavy atom. The topological polar surface area (TPSA) is 85.8 Å². The van der Waals surface area contributed by atoms with Crippen molar-refractivity contribution in [2.24, 2.45) is 10.9 Å². The average Bonchev–Trinajstić information content (AvgIpc) is 2.59. The summed E-state index contributed by atoms with van der Waals surface area (Å²) < 4.78 is 0. The van der Waals surface area contributed by atoms with E-state index in [1.165, 1.54) is 12.1 Å². The molecule has 4 N–H and O–H groups in total. The third kappa shape index (κ3) is 7.35. The Bertz CT molecular complexity index is 510. The second-order valence-corrected chi connectivity index (χ2v) is 5.63. The fraction of sp³-hybridized carbons (Fsp3) is 0.556. The lowest BCUT2D eigenvalue weighted by atomic mass is 10.0. The van der Waals surface area contributed by atoms with E-state index in [-0.39, 0.29) is 11.7 Å². The molecule has 0 saturated heterocycles. The highest BCUT2D eigenvalue weighted by Crippen LogP contribution is 2.09. The largest absolute Gasteiger partial charge is 0.508 e. The van der Waals surface area contributed by atoms with E-state index in [1.807, 2.05) is 6.92 Å². The first-order valence-corrected chi connectivity index (χ1v) is 8.70. The van der Waals surface area contributed by atoms with Crippen LogP contribution in [0.25, 0.3) is 0 Å². The summed E-state index contributed by atoms with van der Waals surface area (Å²) in [4.78, 5) is 16.5. The quantitative estimate of drug-likeness (QED) is 0.316. The Morgan fingerprint density at radius 1 is 1.04 bits per heavy atom. The van der Waals surface area contributed by atoms with Crippen molar-refractivity contribution in [3.05, 3.63) is 29.8 Å². The van der Waals surface area contributed by atoms with Gasteiger partial charge in [-0.05, 0) is 37.1 Å². The third-order valence-electron chi connectivity index (χ3n) is 3.84. The molecule has 0 aliphatic heterocycles. The van der Waals surface area contributed by atoms with Crippen LogP contribution >= 0.6 is 0 Å². The average molecular weight is 334 g/mol. The van der Waals surface area contributed by atoms with Gasteiger partial charge in [-0.3, -0.25) is 9.79 Å². The molecule has 0 aromatic heterocycles. The van der Waals surface area contributed by atoms with Gasteiger partial charge in [0.15, 0.2) is 5.96 Å². The minimum absolute atomic E-state index is 0.150. The van der Waals surface area contributed by atoms with E-state index in [0.29, 0.717) is 24.6 Å². The molecule has 1 aromatic carbocycles. The fourth-order valence-corrected chi connectivity index (χ4v) is 2.18. The van der Waals surface area contributed by atoms with Gasteiger partial charge in [-0.2, -0.15) is 0 Å². The third-order valence-corrected chi connectivity index (χ3v) is 3.84. The lowest BCUT2D eigenvalue weighted by Crippen LogP contribution is -2.41. The minimum Gasteiger partial charge on any atom is -0.508 e. The van der Waals surface area contributed by atoms with Gasteiger partial charge in [-0.1, -0.05) is 26.7 Å². The Morgan fingerprint density at radius 3 is 2.25 bits per heavy atom. The van der Waals surface area contributed by atoms with Crippen LogP contribution in [-0.2, 0) is 0 Å². The van der Waals surface area contributed by atoms with Crippen LogP contribution in [0.2, 0.25) is 0 Å². The van der Waals surface area contributed by atoms with Crippen molar-refractivity contribution in [3.63, 3.8) is 0 Å². The number of benzene rings is 1. The number of carbonyl (C=O) groups is 1. The number of guanidine groups is 1. The van der Waals surface area contributed by atoms with Gasteiger partial charge in [0.2, 0.25) is 0 Å². The zero-order valence-electron chi connectivity index (χ0n) is 14.9. The van der Waals surface area contributed by atoms with Crippen molar-refractivity contribution in [1.29, 1.82) is 0 Å². The van der Waals surface area contributed by atoms with Crippen LogP contribution in [-0.4, -0.2) is 43.2 Å². The molecular weight excluding hydrogens is 304 g/mol. The zero-order valence-corrected chi connectivity index (χ0v) is 14.9. The zero-order chi connectivity index (χ0) is 17.8. The van der Waals surface area contributed by atoms with Crippen LogP contribution in [0.4, 0.5) is 0 Å². The van der Waals surface area contributed by atoms with Gasteiger partial charge in [0.05, 0.1) is 0 Å². The van der Waals surface area contributed by atoms with E-state index in [0.717, 1.165) is 31.9 Å². The van der Waals surface area contributed by atoms with E-state index in [1.54, 1.807) is 12.1 Å². The van der Waals surface area contributed by atoms with Crippen molar-refractivity contribution in [2.45, 2.75) is 33.6 Å². The van der Waals surface area contributed by atoms with Crippen LogP contribution < -0.4 is 16.0 Å². The smallest absolute Gasteiger partial charge is 0.251 e. The predicted octanol–water partition coefficient (Wildman–Crippen LogP) is 2.11. The van der Waals surface area contributed by atoms with Gasteiger partial charge in [-0.25, -0.2) is 0 Å². The predicted molar refractivity (Wildman–Crippen MR) is 98.5 cm³/mol. The minimum atomic E-state index is -0.157. The van der Waals surface area contributed by atoms with Crippen molar-refractivity contribution >= 4 is 11.9 Å². The second-order valence-electron chi connectivity index (χ2n) is 5.63. The normalized spacial score (nSPS) is 11.4. The Kier molecular flexibility index (Phi) is 9.34. The molecule has 24 heavy (non-hydrogen) atoms. The second kappa shape index (κ2) is 11.3. The maximum absolute atomic E-state index is 12.0. The van der Waals surface area contributed by atoms with Gasteiger partial charge in [0.1, 0.15) is 5.75 Å². The molecular formula is C18H30N4O2. The number of hydrogen-bond donors (Lipinski definition) is 4. The van der Waals surface area contributed by atoms with E-state index in [9.17, 15) is 9.90 Å².